The van der Waals surface area contributed by atoms with Crippen molar-refractivity contribution in [3.05, 3.63) is 12.0 Å². The molecule has 0 rings (SSSR count). The first-order valence-electron chi connectivity index (χ1n) is 11.5. The van der Waals surface area contributed by atoms with Gasteiger partial charge < -0.3 is 15.0 Å². The minimum atomic E-state index is -0.959. The van der Waals surface area contributed by atoms with E-state index in [1.165, 1.54) is 44.9 Å². The highest BCUT2D eigenvalue weighted by atomic mass is 16.4. The third-order valence-electron chi connectivity index (χ3n) is 5.36. The van der Waals surface area contributed by atoms with E-state index in [2.05, 4.69) is 27.0 Å². The van der Waals surface area contributed by atoms with E-state index in [0.717, 1.165) is 56.2 Å². The monoisotopic (exact) mass is 383 g/mol. The predicted octanol–water partition coefficient (Wildman–Crippen LogP) is 5.47. The summed E-state index contributed by atoms with van der Waals surface area (Å²) in [6.07, 6.45) is 16.3. The number of carbonyl (C=O) groups is 1. The Labute approximate surface area is 168 Å². The zero-order valence-electron chi connectivity index (χ0n) is 18.3. The Morgan fingerprint density at radius 1 is 0.741 bits per heavy atom. The molecule has 0 saturated heterocycles. The standard InChI is InChI=1S/C23H45NO3/c1-4-7-10-11-16-22(25)21-24(18-13-8-5-2,19-14-9-6-3)20-15-12-17-23(26)27/h21H,4-20H2,1-3H3,(H-,25,26,27)/b22-21-. The van der Waals surface area contributed by atoms with Crippen molar-refractivity contribution in [1.29, 1.82) is 0 Å². The molecule has 0 fully saturated rings. The van der Waals surface area contributed by atoms with E-state index in [9.17, 15) is 15.0 Å². The third-order valence-corrected chi connectivity index (χ3v) is 5.36. The largest absolute Gasteiger partial charge is 0.550 e. The van der Waals surface area contributed by atoms with Crippen LogP contribution in [0.15, 0.2) is 12.0 Å². The number of unbranched alkanes of at least 4 members (excludes halogenated alkanes) is 8. The maximum atomic E-state index is 10.7. The number of carboxylic acids is 1. The van der Waals surface area contributed by atoms with Crippen molar-refractivity contribution in [3.63, 3.8) is 0 Å². The smallest absolute Gasteiger partial charge is 0.145 e. The van der Waals surface area contributed by atoms with Crippen molar-refractivity contribution in [1.82, 2.24) is 0 Å². The number of quaternary nitrogens is 1. The lowest BCUT2D eigenvalue weighted by Gasteiger charge is -2.36. The van der Waals surface area contributed by atoms with Gasteiger partial charge in [0.25, 0.3) is 0 Å². The number of carbonyl (C=O) groups excluding carboxylic acids is 1. The van der Waals surface area contributed by atoms with Crippen molar-refractivity contribution in [3.8, 4) is 0 Å². The molecule has 0 aliphatic heterocycles. The third kappa shape index (κ3) is 14.7. The van der Waals surface area contributed by atoms with Crippen molar-refractivity contribution in [2.75, 3.05) is 19.6 Å². The normalized spacial score (nSPS) is 12.5. The second-order valence-electron chi connectivity index (χ2n) is 8.06. The lowest BCUT2D eigenvalue weighted by atomic mass is 10.1. The summed E-state index contributed by atoms with van der Waals surface area (Å²) in [7, 11) is 0. The van der Waals surface area contributed by atoms with Gasteiger partial charge in [0.15, 0.2) is 0 Å². The summed E-state index contributed by atoms with van der Waals surface area (Å²) in [6, 6.07) is 0. The molecule has 4 heteroatoms. The van der Waals surface area contributed by atoms with Gasteiger partial charge in [0.2, 0.25) is 0 Å². The van der Waals surface area contributed by atoms with Gasteiger partial charge in [0, 0.05) is 12.4 Å². The van der Waals surface area contributed by atoms with Crippen LogP contribution in [0, 0.1) is 0 Å². The van der Waals surface area contributed by atoms with Crippen LogP contribution >= 0.6 is 0 Å². The van der Waals surface area contributed by atoms with E-state index in [1.807, 2.05) is 0 Å². The summed E-state index contributed by atoms with van der Waals surface area (Å²) in [4.78, 5) is 10.7. The van der Waals surface area contributed by atoms with E-state index < -0.39 is 5.97 Å². The SMILES string of the molecule is CCCCCC/C(O)=C/[N+](CCCCC)(CCCCC)CCCCC(=O)[O-]. The second kappa shape index (κ2) is 17.1. The minimum Gasteiger partial charge on any atom is -0.550 e. The first kappa shape index (κ1) is 26.0. The first-order chi connectivity index (χ1) is 13.0. The minimum absolute atomic E-state index is 0.136. The number of aliphatic hydroxyl groups is 1. The molecule has 0 aromatic carbocycles. The fourth-order valence-electron chi connectivity index (χ4n) is 3.69. The lowest BCUT2D eigenvalue weighted by molar-refractivity contribution is -0.881. The van der Waals surface area contributed by atoms with Crippen LogP contribution in [0.3, 0.4) is 0 Å². The molecule has 0 aliphatic carbocycles. The first-order valence-corrected chi connectivity index (χ1v) is 11.5. The van der Waals surface area contributed by atoms with Crippen molar-refractivity contribution >= 4 is 5.97 Å². The van der Waals surface area contributed by atoms with Gasteiger partial charge in [0.05, 0.1) is 19.6 Å². The zero-order chi connectivity index (χ0) is 20.4. The molecule has 0 saturated carbocycles. The fourth-order valence-corrected chi connectivity index (χ4v) is 3.69. The molecular formula is C23H45NO3. The average molecular weight is 384 g/mol. The number of aliphatic carboxylic acids is 1. The van der Waals surface area contributed by atoms with Crippen LogP contribution in [-0.4, -0.2) is 35.2 Å². The Bertz CT molecular complexity index is 383. The number of nitrogens with zero attached hydrogens (tertiary/aromatic N) is 1. The average Bonchev–Trinajstić information content (AvgIpc) is 2.63. The molecule has 0 radical (unpaired) electrons. The molecule has 1 N–H and O–H groups in total. The second-order valence-corrected chi connectivity index (χ2v) is 8.06. The highest BCUT2D eigenvalue weighted by molar-refractivity contribution is 5.64. The van der Waals surface area contributed by atoms with E-state index >= 15 is 0 Å². The van der Waals surface area contributed by atoms with Crippen LogP contribution < -0.4 is 5.11 Å². The van der Waals surface area contributed by atoms with Gasteiger partial charge in [-0.3, -0.25) is 4.48 Å². The highest BCUT2D eigenvalue weighted by Gasteiger charge is 2.25. The molecule has 0 amide bonds. The molecule has 4 nitrogen and oxygen atoms in total. The van der Waals surface area contributed by atoms with Crippen LogP contribution in [0.25, 0.3) is 0 Å². The van der Waals surface area contributed by atoms with E-state index in [0.29, 0.717) is 12.2 Å². The zero-order valence-corrected chi connectivity index (χ0v) is 18.3. The van der Waals surface area contributed by atoms with Crippen molar-refractivity contribution < 1.29 is 19.5 Å². The molecule has 0 aliphatic rings. The van der Waals surface area contributed by atoms with Gasteiger partial charge in [-0.25, -0.2) is 0 Å². The summed E-state index contributed by atoms with van der Waals surface area (Å²) in [5, 5.41) is 21.3. The number of rotatable bonds is 19. The van der Waals surface area contributed by atoms with Gasteiger partial charge >= 0.3 is 0 Å². The van der Waals surface area contributed by atoms with Crippen molar-refractivity contribution in [2.24, 2.45) is 0 Å². The van der Waals surface area contributed by atoms with Gasteiger partial charge in [-0.05, 0) is 51.4 Å². The van der Waals surface area contributed by atoms with Gasteiger partial charge in [-0.15, -0.1) is 0 Å². The lowest BCUT2D eigenvalue weighted by Crippen LogP contribution is -2.45. The van der Waals surface area contributed by atoms with Gasteiger partial charge in [0.1, 0.15) is 12.0 Å². The van der Waals surface area contributed by atoms with Crippen LogP contribution in [0.4, 0.5) is 0 Å². The van der Waals surface area contributed by atoms with Crippen LogP contribution in [0.2, 0.25) is 0 Å². The maximum Gasteiger partial charge on any atom is 0.145 e. The molecule has 0 spiro atoms. The summed E-state index contributed by atoms with van der Waals surface area (Å²) in [5.41, 5.74) is 0. The Kier molecular flexibility index (Phi) is 16.4. The number of hydrogen-bond donors (Lipinski definition) is 1. The Morgan fingerprint density at radius 2 is 1.19 bits per heavy atom. The molecule has 0 bridgehead atoms. The predicted molar refractivity (Wildman–Crippen MR) is 112 cm³/mol. The van der Waals surface area contributed by atoms with E-state index in [4.69, 9.17) is 0 Å². The Morgan fingerprint density at radius 3 is 1.67 bits per heavy atom. The van der Waals surface area contributed by atoms with Crippen LogP contribution in [-0.2, 0) is 4.79 Å². The highest BCUT2D eigenvalue weighted by Crippen LogP contribution is 2.20. The summed E-state index contributed by atoms with van der Waals surface area (Å²) in [5.74, 6) is -0.432. The molecular weight excluding hydrogens is 338 g/mol. The van der Waals surface area contributed by atoms with Gasteiger partial charge in [-0.2, -0.15) is 0 Å². The number of allylic oxidation sites excluding steroid dienone is 1. The fraction of sp³-hybridized carbons (Fsp3) is 0.870. The number of carboxylic acid groups (broad SMARTS) is 1. The maximum absolute atomic E-state index is 10.7. The van der Waals surface area contributed by atoms with Crippen molar-refractivity contribution in [2.45, 2.75) is 111 Å². The van der Waals surface area contributed by atoms with E-state index in [1.54, 1.807) is 0 Å². The molecule has 0 aromatic heterocycles. The number of aliphatic hydroxyl groups excluding tert-OH is 1. The molecule has 0 unspecified atom stereocenters. The summed E-state index contributed by atoms with van der Waals surface area (Å²) >= 11 is 0. The quantitative estimate of drug-likeness (QED) is 0.183. The molecule has 0 heterocycles. The summed E-state index contributed by atoms with van der Waals surface area (Å²) in [6.45, 7) is 9.63. The topological polar surface area (TPSA) is 60.4 Å². The van der Waals surface area contributed by atoms with Crippen LogP contribution in [0.5, 0.6) is 0 Å². The summed E-state index contributed by atoms with van der Waals surface area (Å²) < 4.78 is 0.812. The Balaban J connectivity index is 5.03. The molecule has 0 atom stereocenters. The van der Waals surface area contributed by atoms with E-state index in [-0.39, 0.29) is 6.42 Å². The Hall–Kier alpha value is -1.03. The molecule has 160 valence electrons. The molecule has 27 heavy (non-hydrogen) atoms. The van der Waals surface area contributed by atoms with Gasteiger partial charge in [-0.1, -0.05) is 52.9 Å². The number of hydrogen-bond acceptors (Lipinski definition) is 3. The molecule has 0 aromatic rings. The van der Waals surface area contributed by atoms with Crippen LogP contribution in [0.1, 0.15) is 111 Å².